The number of rotatable bonds is 2. The van der Waals surface area contributed by atoms with Crippen molar-refractivity contribution in [1.82, 2.24) is 24.2 Å². The van der Waals surface area contributed by atoms with Crippen molar-refractivity contribution in [1.29, 1.82) is 0 Å². The Morgan fingerprint density at radius 1 is 1.15 bits per heavy atom. The Morgan fingerprint density at radius 2 is 1.96 bits per heavy atom. The van der Waals surface area contributed by atoms with Gasteiger partial charge in [-0.3, -0.25) is 9.48 Å². The van der Waals surface area contributed by atoms with Gasteiger partial charge in [-0.1, -0.05) is 29.8 Å². The van der Waals surface area contributed by atoms with Crippen LogP contribution in [0.4, 0.5) is 0 Å². The molecule has 5 rings (SSSR count). The van der Waals surface area contributed by atoms with E-state index in [0.717, 1.165) is 38.3 Å². The van der Waals surface area contributed by atoms with Gasteiger partial charge in [0.05, 0.1) is 11.9 Å². The highest BCUT2D eigenvalue weighted by molar-refractivity contribution is 5.92. The maximum atomic E-state index is 12.8. The summed E-state index contributed by atoms with van der Waals surface area (Å²) in [6.07, 6.45) is 5.75. The molecule has 1 saturated heterocycles. The predicted octanol–water partition coefficient (Wildman–Crippen LogP) is 2.68. The van der Waals surface area contributed by atoms with Gasteiger partial charge in [-0.15, -0.1) is 0 Å². The molecular weight excluding hydrogens is 338 g/mol. The van der Waals surface area contributed by atoms with Gasteiger partial charge >= 0.3 is 0 Å². The molecule has 1 fully saturated rings. The van der Waals surface area contributed by atoms with Crippen molar-refractivity contribution in [3.8, 4) is 11.3 Å². The van der Waals surface area contributed by atoms with Gasteiger partial charge in [-0.05, 0) is 25.0 Å². The van der Waals surface area contributed by atoms with Gasteiger partial charge in [0.25, 0.3) is 5.91 Å². The third kappa shape index (κ3) is 2.67. The zero-order chi connectivity index (χ0) is 18.6. The Bertz CT molecular complexity index is 1020. The van der Waals surface area contributed by atoms with E-state index in [-0.39, 0.29) is 11.3 Å². The molecule has 1 spiro atoms. The van der Waals surface area contributed by atoms with Crippen molar-refractivity contribution >= 4 is 5.91 Å². The first kappa shape index (κ1) is 16.3. The number of nitrogens with zero attached hydrogens (tertiary/aromatic N) is 5. The monoisotopic (exact) mass is 361 g/mol. The van der Waals surface area contributed by atoms with Gasteiger partial charge in [0.1, 0.15) is 11.5 Å². The highest BCUT2D eigenvalue weighted by Gasteiger charge is 2.46. The average molecular weight is 361 g/mol. The molecule has 0 aliphatic carbocycles. The van der Waals surface area contributed by atoms with Gasteiger partial charge in [0.2, 0.25) is 0 Å². The van der Waals surface area contributed by atoms with Crippen molar-refractivity contribution in [2.24, 2.45) is 12.5 Å². The Kier molecular flexibility index (Phi) is 3.50. The number of hydrogen-bond acceptors (Lipinski definition) is 3. The zero-order valence-electron chi connectivity index (χ0n) is 15.7. The lowest BCUT2D eigenvalue weighted by molar-refractivity contribution is 0.0765. The molecule has 4 heterocycles. The summed E-state index contributed by atoms with van der Waals surface area (Å²) in [4.78, 5) is 19.4. The second kappa shape index (κ2) is 5.81. The third-order valence-electron chi connectivity index (χ3n) is 5.97. The van der Waals surface area contributed by atoms with Gasteiger partial charge in [0.15, 0.2) is 0 Å². The van der Waals surface area contributed by atoms with E-state index < -0.39 is 0 Å². The maximum Gasteiger partial charge on any atom is 0.274 e. The summed E-state index contributed by atoms with van der Waals surface area (Å²) in [7, 11) is 1.84. The zero-order valence-corrected chi connectivity index (χ0v) is 15.7. The Labute approximate surface area is 158 Å². The first-order valence-corrected chi connectivity index (χ1v) is 9.43. The summed E-state index contributed by atoms with van der Waals surface area (Å²) in [6, 6.07) is 10.4. The van der Waals surface area contributed by atoms with E-state index in [0.29, 0.717) is 5.69 Å². The Morgan fingerprint density at radius 3 is 2.70 bits per heavy atom. The summed E-state index contributed by atoms with van der Waals surface area (Å²) in [5, 5.41) is 4.27. The van der Waals surface area contributed by atoms with Crippen LogP contribution in [-0.2, 0) is 20.0 Å². The molecule has 27 heavy (non-hydrogen) atoms. The number of imidazole rings is 1. The number of fused-ring (bicyclic) bond motifs is 1. The molecule has 1 aromatic carbocycles. The van der Waals surface area contributed by atoms with Crippen molar-refractivity contribution in [3.05, 3.63) is 59.8 Å². The largest absolute Gasteiger partial charge is 0.337 e. The van der Waals surface area contributed by atoms with Gasteiger partial charge in [-0.2, -0.15) is 5.10 Å². The molecule has 6 heteroatoms. The van der Waals surface area contributed by atoms with E-state index in [1.807, 2.05) is 24.3 Å². The number of carbonyl (C=O) groups excluding carboxylic acids is 1. The Hall–Kier alpha value is -2.89. The summed E-state index contributed by atoms with van der Waals surface area (Å²) in [6.45, 7) is 4.60. The van der Waals surface area contributed by atoms with Gasteiger partial charge < -0.3 is 9.47 Å². The summed E-state index contributed by atoms with van der Waals surface area (Å²) in [5.41, 5.74) is 4.28. The molecule has 2 aliphatic rings. The van der Waals surface area contributed by atoms with E-state index in [1.165, 1.54) is 16.8 Å². The highest BCUT2D eigenvalue weighted by atomic mass is 16.2. The van der Waals surface area contributed by atoms with Crippen LogP contribution in [0.15, 0.2) is 42.7 Å². The fraction of sp³-hybridized carbons (Fsp3) is 0.381. The van der Waals surface area contributed by atoms with Crippen molar-refractivity contribution in [2.75, 3.05) is 13.1 Å². The molecule has 2 aliphatic heterocycles. The molecule has 1 amide bonds. The molecule has 6 nitrogen and oxygen atoms in total. The van der Waals surface area contributed by atoms with Crippen LogP contribution in [0.3, 0.4) is 0 Å². The molecule has 1 atom stereocenters. The normalized spacial score (nSPS) is 21.2. The second-order valence-corrected chi connectivity index (χ2v) is 8.04. The van der Waals surface area contributed by atoms with Gasteiger partial charge in [-0.25, -0.2) is 4.98 Å². The summed E-state index contributed by atoms with van der Waals surface area (Å²) in [5.74, 6) is 1.17. The van der Waals surface area contributed by atoms with E-state index in [2.05, 4.69) is 45.8 Å². The van der Waals surface area contributed by atoms with E-state index in [1.54, 1.807) is 10.7 Å². The van der Waals surface area contributed by atoms with Crippen LogP contribution in [0, 0.1) is 12.3 Å². The number of carbonyl (C=O) groups is 1. The third-order valence-corrected chi connectivity index (χ3v) is 5.97. The molecule has 138 valence electrons. The molecule has 0 N–H and O–H groups in total. The predicted molar refractivity (Wildman–Crippen MR) is 102 cm³/mol. The summed E-state index contributed by atoms with van der Waals surface area (Å²) < 4.78 is 4.03. The first-order valence-electron chi connectivity index (χ1n) is 9.43. The second-order valence-electron chi connectivity index (χ2n) is 8.04. The minimum Gasteiger partial charge on any atom is -0.337 e. The van der Waals surface area contributed by atoms with Gasteiger partial charge in [0, 0.05) is 44.7 Å². The fourth-order valence-electron chi connectivity index (χ4n) is 4.49. The Balaban J connectivity index is 1.37. The molecule has 0 radical (unpaired) electrons. The molecule has 0 saturated carbocycles. The van der Waals surface area contributed by atoms with Crippen LogP contribution in [0.25, 0.3) is 11.3 Å². The van der Waals surface area contributed by atoms with Crippen molar-refractivity contribution in [3.63, 3.8) is 0 Å². The SMILES string of the molecule is Cc1ccc(-c2cnc3n2CC2(CCN(C(=O)c4ccn(C)n4)C2)C3)cc1. The van der Waals surface area contributed by atoms with Crippen LogP contribution < -0.4 is 0 Å². The topological polar surface area (TPSA) is 56.0 Å². The smallest absolute Gasteiger partial charge is 0.274 e. The van der Waals surface area contributed by atoms with E-state index >= 15 is 0 Å². The van der Waals surface area contributed by atoms with Crippen LogP contribution in [0.5, 0.6) is 0 Å². The quantitative estimate of drug-likeness (QED) is 0.705. The molecule has 2 aromatic heterocycles. The fourth-order valence-corrected chi connectivity index (χ4v) is 4.49. The average Bonchev–Trinajstić information content (AvgIpc) is 3.41. The van der Waals surface area contributed by atoms with Crippen LogP contribution in [0.2, 0.25) is 0 Å². The van der Waals surface area contributed by atoms with Crippen LogP contribution >= 0.6 is 0 Å². The van der Waals surface area contributed by atoms with Crippen LogP contribution in [-0.4, -0.2) is 43.2 Å². The number of hydrogen-bond donors (Lipinski definition) is 0. The lowest BCUT2D eigenvalue weighted by atomic mass is 9.86. The molecular formula is C21H23N5O. The number of benzene rings is 1. The first-order chi connectivity index (χ1) is 13.0. The summed E-state index contributed by atoms with van der Waals surface area (Å²) >= 11 is 0. The highest BCUT2D eigenvalue weighted by Crippen LogP contribution is 2.42. The maximum absolute atomic E-state index is 12.8. The standard InChI is InChI=1S/C21H23N5O/c1-15-3-5-16(6-4-15)18-12-22-19-11-21(14-26(18)19)8-10-25(13-21)20(27)17-7-9-24(2)23-17/h3-7,9,12H,8,10-11,13-14H2,1-2H3. The lowest BCUT2D eigenvalue weighted by Crippen LogP contribution is -2.33. The lowest BCUT2D eigenvalue weighted by Gasteiger charge is -2.23. The number of aromatic nitrogens is 4. The van der Waals surface area contributed by atoms with E-state index in [4.69, 9.17) is 0 Å². The molecule has 0 bridgehead atoms. The van der Waals surface area contributed by atoms with E-state index in [9.17, 15) is 4.79 Å². The minimum absolute atomic E-state index is 0.0378. The van der Waals surface area contributed by atoms with Crippen molar-refractivity contribution < 1.29 is 4.79 Å². The number of amides is 1. The number of likely N-dealkylation sites (tertiary alicyclic amines) is 1. The molecule has 3 aromatic rings. The van der Waals surface area contributed by atoms with Crippen LogP contribution in [0.1, 0.15) is 28.3 Å². The van der Waals surface area contributed by atoms with Crippen molar-refractivity contribution in [2.45, 2.75) is 26.3 Å². The number of aryl methyl sites for hydroxylation is 2. The minimum atomic E-state index is 0.0378. The molecule has 1 unspecified atom stereocenters.